The summed E-state index contributed by atoms with van der Waals surface area (Å²) in [5.41, 5.74) is 3.00. The maximum absolute atomic E-state index is 12.8. The predicted molar refractivity (Wildman–Crippen MR) is 102 cm³/mol. The van der Waals surface area contributed by atoms with Crippen molar-refractivity contribution in [3.63, 3.8) is 0 Å². The van der Waals surface area contributed by atoms with Crippen molar-refractivity contribution in [1.82, 2.24) is 15.1 Å². The van der Waals surface area contributed by atoms with Crippen LogP contribution in [0.5, 0.6) is 0 Å². The number of aromatic nitrogens is 2. The maximum atomic E-state index is 12.8. The molecule has 0 unspecified atom stereocenters. The number of carbonyl (C=O) groups is 2. The van der Waals surface area contributed by atoms with E-state index in [0.717, 1.165) is 28.3 Å². The van der Waals surface area contributed by atoms with E-state index in [1.807, 2.05) is 39.0 Å². The van der Waals surface area contributed by atoms with Crippen molar-refractivity contribution in [1.29, 1.82) is 0 Å². The van der Waals surface area contributed by atoms with Crippen LogP contribution >= 0.6 is 11.8 Å². The fourth-order valence-electron chi connectivity index (χ4n) is 3.22. The van der Waals surface area contributed by atoms with Crippen LogP contribution in [0.15, 0.2) is 24.4 Å². The molecule has 1 aliphatic rings. The fraction of sp³-hybridized carbons (Fsp3) is 0.421. The Balaban J connectivity index is 1.91. The normalized spacial score (nSPS) is 16.3. The molecule has 0 bridgehead atoms. The number of nitrogens with one attached hydrogen (secondary N) is 1. The number of hydrogen-bond donors (Lipinski definition) is 2. The second kappa shape index (κ2) is 7.15. The second-order valence-electron chi connectivity index (χ2n) is 6.80. The molecule has 3 rings (SSSR count). The van der Waals surface area contributed by atoms with Crippen LogP contribution in [0, 0.1) is 20.8 Å². The van der Waals surface area contributed by atoms with Gasteiger partial charge in [0.1, 0.15) is 5.54 Å². The minimum absolute atomic E-state index is 0.381. The van der Waals surface area contributed by atoms with Crippen LogP contribution in [-0.2, 0) is 4.79 Å². The minimum atomic E-state index is -1.18. The first-order chi connectivity index (χ1) is 12.3. The van der Waals surface area contributed by atoms with Gasteiger partial charge in [-0.05, 0) is 62.3 Å². The van der Waals surface area contributed by atoms with Crippen LogP contribution in [0.3, 0.4) is 0 Å². The van der Waals surface area contributed by atoms with Gasteiger partial charge in [0.15, 0.2) is 0 Å². The molecule has 26 heavy (non-hydrogen) atoms. The highest BCUT2D eigenvalue weighted by molar-refractivity contribution is 7.99. The molecule has 0 atom stereocenters. The number of amides is 1. The Kier molecular flexibility index (Phi) is 5.09. The zero-order chi connectivity index (χ0) is 18.9. The van der Waals surface area contributed by atoms with Gasteiger partial charge in [-0.15, -0.1) is 0 Å². The number of aliphatic carboxylic acids is 1. The molecule has 1 aromatic carbocycles. The summed E-state index contributed by atoms with van der Waals surface area (Å²) in [5.74, 6) is 0.111. The van der Waals surface area contributed by atoms with E-state index in [4.69, 9.17) is 0 Å². The Morgan fingerprint density at radius 3 is 2.58 bits per heavy atom. The molecule has 1 fully saturated rings. The largest absolute Gasteiger partial charge is 0.480 e. The van der Waals surface area contributed by atoms with Gasteiger partial charge in [-0.1, -0.05) is 12.1 Å². The van der Waals surface area contributed by atoms with Crippen LogP contribution in [0.1, 0.15) is 40.0 Å². The molecule has 2 N–H and O–H groups in total. The molecule has 0 radical (unpaired) electrons. The zero-order valence-electron chi connectivity index (χ0n) is 15.2. The molecular formula is C19H23N3O3S. The summed E-state index contributed by atoms with van der Waals surface area (Å²) in [7, 11) is 0. The average Bonchev–Trinajstić information content (AvgIpc) is 2.99. The lowest BCUT2D eigenvalue weighted by Crippen LogP contribution is -2.56. The minimum Gasteiger partial charge on any atom is -0.480 e. The quantitative estimate of drug-likeness (QED) is 0.861. The molecule has 1 aliphatic heterocycles. The lowest BCUT2D eigenvalue weighted by molar-refractivity contribution is -0.144. The molecule has 0 aliphatic carbocycles. The fourth-order valence-corrected chi connectivity index (χ4v) is 4.41. The number of aryl methyl sites for hydroxylation is 2. The molecule has 1 amide bonds. The van der Waals surface area contributed by atoms with Crippen molar-refractivity contribution >= 4 is 23.6 Å². The summed E-state index contributed by atoms with van der Waals surface area (Å²) in [6.45, 7) is 5.83. The smallest absolute Gasteiger partial charge is 0.329 e. The summed E-state index contributed by atoms with van der Waals surface area (Å²) in [4.78, 5) is 24.6. The second-order valence-corrected chi connectivity index (χ2v) is 8.02. The van der Waals surface area contributed by atoms with Crippen molar-refractivity contribution in [3.05, 3.63) is 46.8 Å². The summed E-state index contributed by atoms with van der Waals surface area (Å²) in [5, 5.41) is 16.8. The van der Waals surface area contributed by atoms with E-state index in [1.165, 1.54) is 6.20 Å². The van der Waals surface area contributed by atoms with Crippen LogP contribution in [0.2, 0.25) is 0 Å². The molecule has 138 valence electrons. The third kappa shape index (κ3) is 3.35. The molecule has 1 aromatic heterocycles. The molecule has 2 heterocycles. The summed E-state index contributed by atoms with van der Waals surface area (Å²) in [6.07, 6.45) is 2.38. The van der Waals surface area contributed by atoms with Crippen molar-refractivity contribution in [2.24, 2.45) is 0 Å². The lowest BCUT2D eigenvalue weighted by Gasteiger charge is -2.33. The first kappa shape index (κ1) is 18.5. The highest BCUT2D eigenvalue weighted by Gasteiger charge is 2.41. The van der Waals surface area contributed by atoms with Gasteiger partial charge in [0.05, 0.1) is 23.1 Å². The van der Waals surface area contributed by atoms with Gasteiger partial charge in [0.25, 0.3) is 5.91 Å². The molecule has 0 spiro atoms. The van der Waals surface area contributed by atoms with Gasteiger partial charge in [-0.3, -0.25) is 4.79 Å². The number of carboxylic acid groups (broad SMARTS) is 1. The molecular weight excluding hydrogens is 350 g/mol. The van der Waals surface area contributed by atoms with E-state index in [-0.39, 0.29) is 5.91 Å². The highest BCUT2D eigenvalue weighted by atomic mass is 32.2. The van der Waals surface area contributed by atoms with Gasteiger partial charge in [0, 0.05) is 0 Å². The zero-order valence-corrected chi connectivity index (χ0v) is 16.0. The van der Waals surface area contributed by atoms with Gasteiger partial charge >= 0.3 is 5.97 Å². The maximum Gasteiger partial charge on any atom is 0.329 e. The standard InChI is InChI=1S/C19H23N3O3S/c1-12-4-5-13(2)16(10-12)22-14(3)15(11-20-22)17(23)21-19(18(24)25)6-8-26-9-7-19/h4-5,10-11H,6-9H2,1-3H3,(H,21,23)(H,24,25). The van der Waals surface area contributed by atoms with Gasteiger partial charge in [-0.2, -0.15) is 16.9 Å². The van der Waals surface area contributed by atoms with Gasteiger partial charge in [0.2, 0.25) is 0 Å². The van der Waals surface area contributed by atoms with Gasteiger partial charge < -0.3 is 10.4 Å². The Labute approximate surface area is 157 Å². The monoisotopic (exact) mass is 373 g/mol. The molecule has 0 saturated carbocycles. The van der Waals surface area contributed by atoms with Crippen molar-refractivity contribution < 1.29 is 14.7 Å². The summed E-state index contributed by atoms with van der Waals surface area (Å²) < 4.78 is 1.74. The molecule has 1 saturated heterocycles. The van der Waals surface area contributed by atoms with E-state index < -0.39 is 11.5 Å². The first-order valence-electron chi connectivity index (χ1n) is 8.60. The number of hydrogen-bond acceptors (Lipinski definition) is 4. The summed E-state index contributed by atoms with van der Waals surface area (Å²) in [6, 6.07) is 6.07. The third-order valence-corrected chi connectivity index (χ3v) is 5.94. The third-order valence-electron chi connectivity index (χ3n) is 4.96. The van der Waals surface area contributed by atoms with E-state index in [1.54, 1.807) is 16.4 Å². The van der Waals surface area contributed by atoms with Crippen LogP contribution < -0.4 is 5.32 Å². The van der Waals surface area contributed by atoms with Crippen LogP contribution in [0.25, 0.3) is 5.69 Å². The average molecular weight is 373 g/mol. The number of nitrogens with zero attached hydrogens (tertiary/aromatic N) is 2. The van der Waals surface area contributed by atoms with E-state index >= 15 is 0 Å². The lowest BCUT2D eigenvalue weighted by atomic mass is 9.92. The van der Waals surface area contributed by atoms with E-state index in [9.17, 15) is 14.7 Å². The molecule has 2 aromatic rings. The van der Waals surface area contributed by atoms with Crippen molar-refractivity contribution in [2.75, 3.05) is 11.5 Å². The Morgan fingerprint density at radius 2 is 1.92 bits per heavy atom. The highest BCUT2D eigenvalue weighted by Crippen LogP contribution is 2.28. The number of carboxylic acids is 1. The summed E-state index contributed by atoms with van der Waals surface area (Å²) >= 11 is 1.71. The van der Waals surface area contributed by atoms with E-state index in [2.05, 4.69) is 10.4 Å². The Morgan fingerprint density at radius 1 is 1.23 bits per heavy atom. The van der Waals surface area contributed by atoms with Crippen LogP contribution in [-0.4, -0.2) is 43.8 Å². The van der Waals surface area contributed by atoms with Crippen LogP contribution in [0.4, 0.5) is 0 Å². The predicted octanol–water partition coefficient (Wildman–Crippen LogP) is 2.88. The first-order valence-corrected chi connectivity index (χ1v) is 9.75. The Hall–Kier alpha value is -2.28. The van der Waals surface area contributed by atoms with E-state index in [0.29, 0.717) is 24.1 Å². The number of thioether (sulfide) groups is 1. The number of carbonyl (C=O) groups excluding carboxylic acids is 1. The van der Waals surface area contributed by atoms with Crippen molar-refractivity contribution in [2.45, 2.75) is 39.2 Å². The Bertz CT molecular complexity index is 854. The topological polar surface area (TPSA) is 84.2 Å². The van der Waals surface area contributed by atoms with Gasteiger partial charge in [-0.25, -0.2) is 9.48 Å². The molecule has 7 heteroatoms. The number of rotatable bonds is 4. The number of benzene rings is 1. The van der Waals surface area contributed by atoms with Crippen molar-refractivity contribution in [3.8, 4) is 5.69 Å². The SMILES string of the molecule is Cc1ccc(C)c(-n2ncc(C(=O)NC3(C(=O)O)CCSCC3)c2C)c1. The molecule has 6 nitrogen and oxygen atoms in total.